The largest absolute Gasteiger partial charge is 0.478 e. The maximum Gasteiger partial charge on any atom is 0.339 e. The number of halogens is 1. The third-order valence-corrected chi connectivity index (χ3v) is 2.70. The number of benzene rings is 1. The van der Waals surface area contributed by atoms with Crippen molar-refractivity contribution in [2.75, 3.05) is 5.32 Å². The second kappa shape index (κ2) is 5.54. The Morgan fingerprint density at radius 2 is 2.10 bits per heavy atom. The number of carboxylic acids is 1. The van der Waals surface area contributed by atoms with E-state index in [1.165, 1.54) is 18.2 Å². The van der Waals surface area contributed by atoms with Crippen molar-refractivity contribution in [3.63, 3.8) is 0 Å². The van der Waals surface area contributed by atoms with Crippen LogP contribution >= 0.6 is 11.6 Å². The highest BCUT2D eigenvalue weighted by Gasteiger charge is 2.17. The van der Waals surface area contributed by atoms with Crippen LogP contribution in [0.25, 0.3) is 0 Å². The van der Waals surface area contributed by atoms with Crippen molar-refractivity contribution >= 4 is 29.2 Å². The molecule has 8 heteroatoms. The number of anilines is 1. The number of nitrogens with zero attached hydrogens (tertiary/aromatic N) is 1. The highest BCUT2D eigenvalue weighted by Crippen LogP contribution is 2.24. The van der Waals surface area contributed by atoms with Crippen LogP contribution in [0.1, 0.15) is 20.8 Å². The number of hydrogen-bond acceptors (Lipinski definition) is 4. The van der Waals surface area contributed by atoms with Gasteiger partial charge in [0.2, 0.25) is 0 Å². The predicted molar refractivity (Wildman–Crippen MR) is 71.2 cm³/mol. The normalized spacial score (nSPS) is 10.1. The summed E-state index contributed by atoms with van der Waals surface area (Å²) in [6, 6.07) is 4.31. The van der Waals surface area contributed by atoms with Crippen molar-refractivity contribution in [3.05, 3.63) is 57.2 Å². The van der Waals surface area contributed by atoms with Gasteiger partial charge in [0.15, 0.2) is 0 Å². The van der Waals surface area contributed by atoms with Crippen LogP contribution in [-0.2, 0) is 0 Å². The van der Waals surface area contributed by atoms with Crippen LogP contribution in [0.3, 0.4) is 0 Å². The van der Waals surface area contributed by atoms with E-state index in [0.29, 0.717) is 0 Å². The van der Waals surface area contributed by atoms with Gasteiger partial charge in [0, 0.05) is 6.20 Å². The molecule has 7 nitrogen and oxygen atoms in total. The third kappa shape index (κ3) is 2.83. The van der Waals surface area contributed by atoms with E-state index >= 15 is 0 Å². The number of aromatic nitrogens is 2. The van der Waals surface area contributed by atoms with Crippen molar-refractivity contribution in [2.24, 2.45) is 0 Å². The van der Waals surface area contributed by atoms with Crippen LogP contribution < -0.4 is 10.9 Å². The summed E-state index contributed by atoms with van der Waals surface area (Å²) in [6.07, 6.45) is 2.08. The van der Waals surface area contributed by atoms with Crippen molar-refractivity contribution in [2.45, 2.75) is 0 Å². The van der Waals surface area contributed by atoms with Gasteiger partial charge in [0.25, 0.3) is 11.5 Å². The van der Waals surface area contributed by atoms with Gasteiger partial charge < -0.3 is 15.4 Å². The van der Waals surface area contributed by atoms with Gasteiger partial charge in [-0.15, -0.1) is 0 Å². The molecule has 102 valence electrons. The predicted octanol–water partition coefficient (Wildman–Crippen LogP) is 1.37. The first-order chi connectivity index (χ1) is 9.49. The zero-order chi connectivity index (χ0) is 14.7. The number of carbonyl (C=O) groups excluding carboxylic acids is 1. The number of hydrogen-bond donors (Lipinski definition) is 3. The maximum absolute atomic E-state index is 11.9. The monoisotopic (exact) mass is 293 g/mol. The lowest BCUT2D eigenvalue weighted by Gasteiger charge is -2.09. The topological polar surface area (TPSA) is 112 Å². The van der Waals surface area contributed by atoms with Gasteiger partial charge in [0.1, 0.15) is 11.3 Å². The number of rotatable bonds is 3. The van der Waals surface area contributed by atoms with Crippen LogP contribution in [0.2, 0.25) is 5.02 Å². The molecule has 1 amide bonds. The van der Waals surface area contributed by atoms with E-state index in [4.69, 9.17) is 16.7 Å². The summed E-state index contributed by atoms with van der Waals surface area (Å²) in [4.78, 5) is 39.8. The lowest BCUT2D eigenvalue weighted by atomic mass is 10.1. The van der Waals surface area contributed by atoms with E-state index in [-0.39, 0.29) is 22.0 Å². The van der Waals surface area contributed by atoms with Crippen LogP contribution in [0, 0.1) is 0 Å². The van der Waals surface area contributed by atoms with E-state index in [9.17, 15) is 14.4 Å². The number of H-pyrrole nitrogens is 1. The third-order valence-electron chi connectivity index (χ3n) is 2.38. The molecule has 0 aliphatic heterocycles. The molecule has 0 spiro atoms. The van der Waals surface area contributed by atoms with E-state index < -0.39 is 17.4 Å². The SMILES string of the molecule is O=C(Nc1cccc(Cl)c1C(=O)O)c1c[nH]c(=O)cn1. The van der Waals surface area contributed by atoms with Gasteiger partial charge in [-0.25, -0.2) is 9.78 Å². The van der Waals surface area contributed by atoms with Gasteiger partial charge in [-0.3, -0.25) is 9.59 Å². The zero-order valence-electron chi connectivity index (χ0n) is 9.88. The maximum atomic E-state index is 11.9. The zero-order valence-corrected chi connectivity index (χ0v) is 10.6. The molecule has 0 saturated heterocycles. The summed E-state index contributed by atoms with van der Waals surface area (Å²) >= 11 is 5.78. The van der Waals surface area contributed by atoms with Gasteiger partial charge >= 0.3 is 5.97 Å². The highest BCUT2D eigenvalue weighted by atomic mass is 35.5. The molecule has 3 N–H and O–H groups in total. The highest BCUT2D eigenvalue weighted by molar-refractivity contribution is 6.34. The molecule has 20 heavy (non-hydrogen) atoms. The molecule has 0 saturated carbocycles. The first kappa shape index (κ1) is 13.8. The molecule has 0 atom stereocenters. The second-order valence-electron chi connectivity index (χ2n) is 3.72. The number of amides is 1. The summed E-state index contributed by atoms with van der Waals surface area (Å²) in [6.45, 7) is 0. The van der Waals surface area contributed by atoms with Crippen LogP contribution in [0.5, 0.6) is 0 Å². The molecule has 0 aliphatic carbocycles. The van der Waals surface area contributed by atoms with Gasteiger partial charge in [-0.2, -0.15) is 0 Å². The van der Waals surface area contributed by atoms with Crippen LogP contribution in [-0.4, -0.2) is 27.0 Å². The Bertz CT molecular complexity index is 721. The smallest absolute Gasteiger partial charge is 0.339 e. The van der Waals surface area contributed by atoms with Crippen molar-refractivity contribution in [3.8, 4) is 0 Å². The molecule has 0 fully saturated rings. The number of carbonyl (C=O) groups is 2. The van der Waals surface area contributed by atoms with Crippen LogP contribution in [0.4, 0.5) is 5.69 Å². The van der Waals surface area contributed by atoms with Gasteiger partial charge in [-0.05, 0) is 12.1 Å². The molecule has 0 unspecified atom stereocenters. The molecule has 2 aromatic rings. The fourth-order valence-electron chi connectivity index (χ4n) is 1.50. The molecule has 0 radical (unpaired) electrons. The van der Waals surface area contributed by atoms with Crippen molar-refractivity contribution < 1.29 is 14.7 Å². The molecule has 0 bridgehead atoms. The molecule has 2 rings (SSSR count). The Kier molecular flexibility index (Phi) is 3.81. The minimum absolute atomic E-state index is 0.00438. The Balaban J connectivity index is 2.33. The Hall–Kier alpha value is -2.67. The fourth-order valence-corrected chi connectivity index (χ4v) is 1.75. The lowest BCUT2D eigenvalue weighted by Crippen LogP contribution is -2.18. The Morgan fingerprint density at radius 1 is 1.35 bits per heavy atom. The van der Waals surface area contributed by atoms with Crippen LogP contribution in [0.15, 0.2) is 35.4 Å². The molecule has 1 heterocycles. The average Bonchev–Trinajstić information content (AvgIpc) is 2.39. The van der Waals surface area contributed by atoms with Crippen molar-refractivity contribution in [1.82, 2.24) is 9.97 Å². The number of carboxylic acid groups (broad SMARTS) is 1. The number of aromatic amines is 1. The molecular weight excluding hydrogens is 286 g/mol. The summed E-state index contributed by atoms with van der Waals surface area (Å²) in [5.74, 6) is -1.92. The minimum atomic E-state index is -1.26. The Morgan fingerprint density at radius 3 is 2.70 bits per heavy atom. The fraction of sp³-hybridized carbons (Fsp3) is 0. The van der Waals surface area contributed by atoms with E-state index in [0.717, 1.165) is 12.4 Å². The molecule has 0 aliphatic rings. The minimum Gasteiger partial charge on any atom is -0.478 e. The van der Waals surface area contributed by atoms with E-state index in [1.54, 1.807) is 0 Å². The lowest BCUT2D eigenvalue weighted by molar-refractivity contribution is 0.0698. The van der Waals surface area contributed by atoms with Gasteiger partial charge in [-0.1, -0.05) is 17.7 Å². The summed E-state index contributed by atoms with van der Waals surface area (Å²) in [7, 11) is 0. The van der Waals surface area contributed by atoms with Gasteiger partial charge in [0.05, 0.1) is 16.9 Å². The number of aromatic carboxylic acids is 1. The number of nitrogens with one attached hydrogen (secondary N) is 2. The molecule has 1 aromatic heterocycles. The van der Waals surface area contributed by atoms with Crippen molar-refractivity contribution in [1.29, 1.82) is 0 Å². The molecular formula is C12H8ClN3O4. The quantitative estimate of drug-likeness (QED) is 0.791. The second-order valence-corrected chi connectivity index (χ2v) is 4.13. The first-order valence-corrected chi connectivity index (χ1v) is 5.74. The summed E-state index contributed by atoms with van der Waals surface area (Å²) < 4.78 is 0. The standard InChI is InChI=1S/C12H8ClN3O4/c13-6-2-1-3-7(10(6)12(19)20)16-11(18)8-4-15-9(17)5-14-8/h1-5H,(H,15,17)(H,16,18)(H,19,20). The molecule has 1 aromatic carbocycles. The van der Waals surface area contributed by atoms with E-state index in [2.05, 4.69) is 15.3 Å². The first-order valence-electron chi connectivity index (χ1n) is 5.37. The summed E-state index contributed by atoms with van der Waals surface area (Å²) in [5, 5.41) is 11.5. The van der Waals surface area contributed by atoms with E-state index in [1.807, 2.05) is 0 Å². The summed E-state index contributed by atoms with van der Waals surface area (Å²) in [5.41, 5.74) is -0.675. The Labute approximate surface area is 117 Å². The average molecular weight is 294 g/mol.